The molecule has 6 nitrogen and oxygen atoms in total. The molecule has 0 saturated carbocycles. The van der Waals surface area contributed by atoms with E-state index in [-0.39, 0.29) is 0 Å². The SMILES string of the molecule is Nc1cc(C(F)(F)F)c(Br)nc1C(=O)Nc1cc(C(F)(F)F)n[nH]1. The minimum Gasteiger partial charge on any atom is -0.397 e. The quantitative estimate of drug-likeness (QED) is 0.515. The van der Waals surface area contributed by atoms with Crippen molar-refractivity contribution >= 4 is 33.3 Å². The van der Waals surface area contributed by atoms with Gasteiger partial charge in [0, 0.05) is 6.07 Å². The molecule has 0 saturated heterocycles. The molecule has 0 spiro atoms. The fourth-order valence-electron chi connectivity index (χ4n) is 1.60. The van der Waals surface area contributed by atoms with Crippen molar-refractivity contribution in [3.05, 3.63) is 33.7 Å². The summed E-state index contributed by atoms with van der Waals surface area (Å²) in [6.45, 7) is 0. The number of nitrogens with two attached hydrogens (primary N) is 1. The number of rotatable bonds is 2. The maximum atomic E-state index is 12.7. The van der Waals surface area contributed by atoms with Gasteiger partial charge in [-0.1, -0.05) is 0 Å². The minimum atomic E-state index is -4.75. The summed E-state index contributed by atoms with van der Waals surface area (Å²) >= 11 is 2.57. The largest absolute Gasteiger partial charge is 0.435 e. The fraction of sp³-hybridized carbons (Fsp3) is 0.182. The van der Waals surface area contributed by atoms with E-state index in [9.17, 15) is 31.1 Å². The van der Waals surface area contributed by atoms with Gasteiger partial charge in [0.2, 0.25) is 0 Å². The lowest BCUT2D eigenvalue weighted by atomic mass is 10.2. The third-order valence-corrected chi connectivity index (χ3v) is 3.25. The van der Waals surface area contributed by atoms with Crippen molar-refractivity contribution < 1.29 is 31.1 Å². The van der Waals surface area contributed by atoms with Crippen LogP contribution in [0.25, 0.3) is 0 Å². The zero-order chi connectivity index (χ0) is 18.3. The average Bonchev–Trinajstić information content (AvgIpc) is 2.88. The Morgan fingerprint density at radius 3 is 2.29 bits per heavy atom. The van der Waals surface area contributed by atoms with E-state index in [1.54, 1.807) is 0 Å². The monoisotopic (exact) mass is 417 g/mol. The maximum Gasteiger partial charge on any atom is 0.435 e. The molecular weight excluding hydrogens is 412 g/mol. The van der Waals surface area contributed by atoms with Crippen LogP contribution in [0.2, 0.25) is 0 Å². The van der Waals surface area contributed by atoms with Crippen LogP contribution in [0.1, 0.15) is 21.7 Å². The van der Waals surface area contributed by atoms with E-state index in [1.165, 1.54) is 0 Å². The number of anilines is 2. The summed E-state index contributed by atoms with van der Waals surface area (Å²) in [5.74, 6) is -1.54. The lowest BCUT2D eigenvalue weighted by molar-refractivity contribution is -0.141. The third kappa shape index (κ3) is 3.77. The number of pyridine rings is 1. The number of carbonyl (C=O) groups is 1. The third-order valence-electron chi connectivity index (χ3n) is 2.64. The molecular formula is C11H6BrF6N5O. The van der Waals surface area contributed by atoms with Crippen molar-refractivity contribution in [3.8, 4) is 0 Å². The van der Waals surface area contributed by atoms with Crippen LogP contribution in [-0.4, -0.2) is 21.1 Å². The molecule has 130 valence electrons. The highest BCUT2D eigenvalue weighted by Gasteiger charge is 2.36. The van der Waals surface area contributed by atoms with Gasteiger partial charge in [0.15, 0.2) is 11.4 Å². The average molecular weight is 418 g/mol. The molecule has 24 heavy (non-hydrogen) atoms. The Morgan fingerprint density at radius 2 is 1.79 bits per heavy atom. The number of carbonyl (C=O) groups excluding carboxylic acids is 1. The number of aromatic amines is 1. The lowest BCUT2D eigenvalue weighted by Gasteiger charge is -2.12. The van der Waals surface area contributed by atoms with Crippen molar-refractivity contribution in [2.24, 2.45) is 0 Å². The number of nitrogens with one attached hydrogen (secondary N) is 2. The summed E-state index contributed by atoms with van der Waals surface area (Å²) in [7, 11) is 0. The van der Waals surface area contributed by atoms with Crippen LogP contribution in [0.3, 0.4) is 0 Å². The molecule has 2 aromatic rings. The summed E-state index contributed by atoms with van der Waals surface area (Å²) in [5, 5.41) is 6.84. The number of nitrogen functional groups attached to an aromatic ring is 1. The Balaban J connectivity index is 2.28. The summed E-state index contributed by atoms with van der Waals surface area (Å²) < 4.78 is 74.5. The van der Waals surface area contributed by atoms with Gasteiger partial charge in [-0.25, -0.2) is 4.98 Å². The normalized spacial score (nSPS) is 12.3. The lowest BCUT2D eigenvalue weighted by Crippen LogP contribution is -2.18. The highest BCUT2D eigenvalue weighted by Crippen LogP contribution is 2.36. The van der Waals surface area contributed by atoms with Crippen molar-refractivity contribution in [1.29, 1.82) is 0 Å². The molecule has 0 aliphatic carbocycles. The van der Waals surface area contributed by atoms with Gasteiger partial charge in [0.05, 0.1) is 11.3 Å². The first-order chi connectivity index (χ1) is 10.9. The number of hydrogen-bond donors (Lipinski definition) is 3. The molecule has 0 aromatic carbocycles. The first-order valence-corrected chi connectivity index (χ1v) is 6.66. The van der Waals surface area contributed by atoms with Gasteiger partial charge < -0.3 is 11.1 Å². The van der Waals surface area contributed by atoms with E-state index in [2.05, 4.69) is 26.0 Å². The number of hydrogen-bond acceptors (Lipinski definition) is 4. The van der Waals surface area contributed by atoms with E-state index in [1.807, 2.05) is 10.4 Å². The van der Waals surface area contributed by atoms with E-state index >= 15 is 0 Å². The molecule has 0 fully saturated rings. The van der Waals surface area contributed by atoms with Crippen molar-refractivity contribution in [3.63, 3.8) is 0 Å². The first-order valence-electron chi connectivity index (χ1n) is 5.86. The van der Waals surface area contributed by atoms with Crippen LogP contribution in [0.4, 0.5) is 37.8 Å². The van der Waals surface area contributed by atoms with Crippen LogP contribution in [0.15, 0.2) is 16.7 Å². The summed E-state index contributed by atoms with van der Waals surface area (Å²) in [6.07, 6.45) is -9.48. The van der Waals surface area contributed by atoms with Gasteiger partial charge >= 0.3 is 12.4 Å². The van der Waals surface area contributed by atoms with Crippen molar-refractivity contribution in [2.45, 2.75) is 12.4 Å². The summed E-state index contributed by atoms with van der Waals surface area (Å²) in [5.41, 5.74) is 1.69. The molecule has 2 aromatic heterocycles. The number of nitrogens with zero attached hydrogens (tertiary/aromatic N) is 2. The Bertz CT molecular complexity index is 784. The molecule has 0 radical (unpaired) electrons. The highest BCUT2D eigenvalue weighted by molar-refractivity contribution is 9.10. The molecule has 0 aliphatic heterocycles. The predicted octanol–water partition coefficient (Wildman–Crippen LogP) is 3.44. The smallest absolute Gasteiger partial charge is 0.397 e. The van der Waals surface area contributed by atoms with Crippen LogP contribution in [-0.2, 0) is 12.4 Å². The zero-order valence-corrected chi connectivity index (χ0v) is 12.8. The highest BCUT2D eigenvalue weighted by atomic mass is 79.9. The molecule has 2 heterocycles. The van der Waals surface area contributed by atoms with E-state index in [0.29, 0.717) is 12.1 Å². The number of H-pyrrole nitrogens is 1. The second kappa shape index (κ2) is 5.96. The molecule has 0 unspecified atom stereocenters. The Morgan fingerprint density at radius 1 is 1.17 bits per heavy atom. The number of amides is 1. The Labute approximate surface area is 137 Å². The van der Waals surface area contributed by atoms with Crippen LogP contribution < -0.4 is 11.1 Å². The van der Waals surface area contributed by atoms with Crippen LogP contribution in [0, 0.1) is 0 Å². The number of aromatic nitrogens is 3. The number of halogens is 7. The van der Waals surface area contributed by atoms with E-state index in [0.717, 1.165) is 0 Å². The van der Waals surface area contributed by atoms with Gasteiger partial charge in [-0.15, -0.1) is 0 Å². The fourth-order valence-corrected chi connectivity index (χ4v) is 2.12. The summed E-state index contributed by atoms with van der Waals surface area (Å²) in [6, 6.07) is 0.993. The van der Waals surface area contributed by atoms with Gasteiger partial charge in [-0.2, -0.15) is 31.4 Å². The van der Waals surface area contributed by atoms with Crippen LogP contribution >= 0.6 is 15.9 Å². The standard InChI is InChI=1S/C11H6BrF6N5O/c12-8-3(10(13,14)15)1-4(19)7(21-8)9(24)20-6-2-5(22-23-6)11(16,17)18/h1-2H,19H2,(H2,20,22,23,24). The molecule has 0 bridgehead atoms. The second-order valence-electron chi connectivity index (χ2n) is 4.38. The minimum absolute atomic E-state index is 0.426. The number of alkyl halides is 6. The molecule has 0 aliphatic rings. The van der Waals surface area contributed by atoms with E-state index < -0.39 is 51.3 Å². The topological polar surface area (TPSA) is 96.7 Å². The Hall–Kier alpha value is -2.31. The van der Waals surface area contributed by atoms with Crippen LogP contribution in [0.5, 0.6) is 0 Å². The van der Waals surface area contributed by atoms with Gasteiger partial charge in [-0.05, 0) is 22.0 Å². The molecule has 4 N–H and O–H groups in total. The molecule has 13 heteroatoms. The zero-order valence-electron chi connectivity index (χ0n) is 11.2. The van der Waals surface area contributed by atoms with Crippen molar-refractivity contribution in [1.82, 2.24) is 15.2 Å². The van der Waals surface area contributed by atoms with Crippen molar-refractivity contribution in [2.75, 3.05) is 11.1 Å². The van der Waals surface area contributed by atoms with Gasteiger partial charge in [0.25, 0.3) is 5.91 Å². The molecule has 0 atom stereocenters. The first kappa shape index (κ1) is 18.0. The summed E-state index contributed by atoms with van der Waals surface area (Å²) in [4.78, 5) is 15.3. The maximum absolute atomic E-state index is 12.7. The Kier molecular flexibility index (Phi) is 4.48. The second-order valence-corrected chi connectivity index (χ2v) is 5.13. The molecule has 1 amide bonds. The van der Waals surface area contributed by atoms with E-state index in [4.69, 9.17) is 5.73 Å². The molecule has 2 rings (SSSR count). The van der Waals surface area contributed by atoms with Gasteiger partial charge in [-0.3, -0.25) is 9.89 Å². The predicted molar refractivity (Wildman–Crippen MR) is 72.9 cm³/mol. The van der Waals surface area contributed by atoms with Gasteiger partial charge in [0.1, 0.15) is 10.4 Å².